The standard InChI is InChI=1S/C23H15F5N2O/c24-15-9-8-14(19(25)10-15)12-30-21-16-6-2-1-4-13(16)5-3-7-17(21)20(23(26,27)28)18(11-29)22(30)31/h1-2,4,6,8-10H,3,5,7,12H2. The molecule has 1 aliphatic carbocycles. The Hall–Kier alpha value is -3.47. The number of nitrogens with zero attached hydrogens (tertiary/aromatic N) is 2. The van der Waals surface area contributed by atoms with Gasteiger partial charge in [-0.3, -0.25) is 4.79 Å². The smallest absolute Gasteiger partial charge is 0.302 e. The summed E-state index contributed by atoms with van der Waals surface area (Å²) in [6, 6.07) is 11.0. The number of halogens is 5. The Labute approximate surface area is 174 Å². The lowest BCUT2D eigenvalue weighted by Crippen LogP contribution is -2.31. The largest absolute Gasteiger partial charge is 0.418 e. The van der Waals surface area contributed by atoms with Gasteiger partial charge in [-0.05, 0) is 36.5 Å². The van der Waals surface area contributed by atoms with E-state index in [1.54, 1.807) is 24.3 Å². The van der Waals surface area contributed by atoms with E-state index in [0.29, 0.717) is 24.5 Å². The summed E-state index contributed by atoms with van der Waals surface area (Å²) in [7, 11) is 0. The molecule has 1 heterocycles. The molecule has 0 bridgehead atoms. The molecule has 0 amide bonds. The Morgan fingerprint density at radius 1 is 1.06 bits per heavy atom. The Kier molecular flexibility index (Phi) is 5.13. The first kappa shape index (κ1) is 20.8. The SMILES string of the molecule is N#Cc1c(C(F)(F)F)c2c(n(Cc3ccc(F)cc3F)c1=O)-c1ccccc1CCC2. The fourth-order valence-corrected chi connectivity index (χ4v) is 4.14. The van der Waals surface area contributed by atoms with Gasteiger partial charge in [-0.25, -0.2) is 8.78 Å². The summed E-state index contributed by atoms with van der Waals surface area (Å²) in [6.07, 6.45) is -4.03. The molecule has 0 aliphatic heterocycles. The van der Waals surface area contributed by atoms with E-state index in [1.165, 1.54) is 6.07 Å². The van der Waals surface area contributed by atoms with Gasteiger partial charge in [-0.1, -0.05) is 30.3 Å². The van der Waals surface area contributed by atoms with Gasteiger partial charge in [0, 0.05) is 17.2 Å². The molecular formula is C23H15F5N2O. The van der Waals surface area contributed by atoms with Gasteiger partial charge in [0.15, 0.2) is 0 Å². The van der Waals surface area contributed by atoms with Crippen molar-refractivity contribution in [2.45, 2.75) is 32.0 Å². The molecule has 3 nitrogen and oxygen atoms in total. The van der Waals surface area contributed by atoms with E-state index in [2.05, 4.69) is 0 Å². The Morgan fingerprint density at radius 2 is 1.81 bits per heavy atom. The third kappa shape index (κ3) is 3.61. The molecule has 1 aromatic heterocycles. The van der Waals surface area contributed by atoms with Crippen molar-refractivity contribution in [3.8, 4) is 17.3 Å². The van der Waals surface area contributed by atoms with Crippen molar-refractivity contribution in [2.24, 2.45) is 0 Å². The van der Waals surface area contributed by atoms with Crippen LogP contribution in [0.1, 0.15) is 34.2 Å². The Balaban J connectivity index is 2.11. The van der Waals surface area contributed by atoms with Crippen LogP contribution in [-0.4, -0.2) is 4.57 Å². The zero-order valence-electron chi connectivity index (χ0n) is 16.1. The summed E-state index contributed by atoms with van der Waals surface area (Å²) in [5.41, 5.74) is -2.43. The third-order valence-corrected chi connectivity index (χ3v) is 5.45. The molecule has 4 rings (SSSR count). The van der Waals surface area contributed by atoms with Crippen LogP contribution in [0.4, 0.5) is 22.0 Å². The molecule has 0 saturated carbocycles. The van der Waals surface area contributed by atoms with E-state index in [1.807, 2.05) is 0 Å². The molecule has 3 aromatic rings. The lowest BCUT2D eigenvalue weighted by Gasteiger charge is -2.22. The number of pyridine rings is 1. The van der Waals surface area contributed by atoms with Gasteiger partial charge in [0.05, 0.1) is 17.8 Å². The van der Waals surface area contributed by atoms with Crippen molar-refractivity contribution in [1.29, 1.82) is 5.26 Å². The molecule has 0 spiro atoms. The topological polar surface area (TPSA) is 45.8 Å². The van der Waals surface area contributed by atoms with Crippen molar-refractivity contribution in [2.75, 3.05) is 0 Å². The average Bonchev–Trinajstić information content (AvgIpc) is 2.89. The highest BCUT2D eigenvalue weighted by molar-refractivity contribution is 5.71. The number of aromatic nitrogens is 1. The number of hydrogen-bond acceptors (Lipinski definition) is 2. The van der Waals surface area contributed by atoms with Crippen molar-refractivity contribution in [1.82, 2.24) is 4.57 Å². The first-order valence-corrected chi connectivity index (χ1v) is 9.51. The second kappa shape index (κ2) is 7.65. The summed E-state index contributed by atoms with van der Waals surface area (Å²) in [4.78, 5) is 13.1. The van der Waals surface area contributed by atoms with Gasteiger partial charge in [-0.2, -0.15) is 18.4 Å². The fourth-order valence-electron chi connectivity index (χ4n) is 4.14. The maximum absolute atomic E-state index is 14.3. The second-order valence-electron chi connectivity index (χ2n) is 7.32. The maximum Gasteiger partial charge on any atom is 0.418 e. The van der Waals surface area contributed by atoms with Gasteiger partial charge in [0.1, 0.15) is 23.3 Å². The molecule has 0 fully saturated rings. The molecule has 0 N–H and O–H groups in total. The number of rotatable bonds is 2. The van der Waals surface area contributed by atoms with E-state index < -0.39 is 41.0 Å². The lowest BCUT2D eigenvalue weighted by molar-refractivity contribution is -0.138. The molecule has 8 heteroatoms. The van der Waals surface area contributed by atoms with E-state index in [9.17, 15) is 32.0 Å². The zero-order chi connectivity index (χ0) is 22.3. The molecule has 0 saturated heterocycles. The van der Waals surface area contributed by atoms with E-state index in [4.69, 9.17) is 0 Å². The average molecular weight is 430 g/mol. The van der Waals surface area contributed by atoms with Crippen LogP contribution >= 0.6 is 0 Å². The van der Waals surface area contributed by atoms with Gasteiger partial charge < -0.3 is 4.57 Å². The minimum Gasteiger partial charge on any atom is -0.302 e. The van der Waals surface area contributed by atoms with Gasteiger partial charge in [-0.15, -0.1) is 0 Å². The van der Waals surface area contributed by atoms with Crippen molar-refractivity contribution < 1.29 is 22.0 Å². The second-order valence-corrected chi connectivity index (χ2v) is 7.32. The first-order valence-electron chi connectivity index (χ1n) is 9.51. The summed E-state index contributed by atoms with van der Waals surface area (Å²) in [5, 5.41) is 9.42. The lowest BCUT2D eigenvalue weighted by atomic mass is 9.94. The molecule has 0 unspecified atom stereocenters. The van der Waals surface area contributed by atoms with Crippen molar-refractivity contribution >= 4 is 0 Å². The number of nitriles is 1. The van der Waals surface area contributed by atoms with Crippen LogP contribution < -0.4 is 5.56 Å². The summed E-state index contributed by atoms with van der Waals surface area (Å²) < 4.78 is 70.6. The minimum atomic E-state index is -4.91. The molecular weight excluding hydrogens is 415 g/mol. The molecule has 0 radical (unpaired) electrons. The van der Waals surface area contributed by atoms with E-state index >= 15 is 0 Å². The Morgan fingerprint density at radius 3 is 2.48 bits per heavy atom. The molecule has 2 aromatic carbocycles. The number of benzene rings is 2. The van der Waals surface area contributed by atoms with Crippen LogP contribution in [0.3, 0.4) is 0 Å². The molecule has 0 atom stereocenters. The summed E-state index contributed by atoms with van der Waals surface area (Å²) in [6.45, 7) is -0.436. The highest BCUT2D eigenvalue weighted by atomic mass is 19.4. The first-order chi connectivity index (χ1) is 14.7. The van der Waals surface area contributed by atoms with Gasteiger partial charge in [0.25, 0.3) is 5.56 Å². The van der Waals surface area contributed by atoms with Gasteiger partial charge >= 0.3 is 6.18 Å². The molecule has 1 aliphatic rings. The van der Waals surface area contributed by atoms with E-state index in [-0.39, 0.29) is 23.2 Å². The number of aryl methyl sites for hydroxylation is 1. The van der Waals surface area contributed by atoms with Crippen LogP contribution in [0, 0.1) is 23.0 Å². The molecule has 158 valence electrons. The summed E-state index contributed by atoms with van der Waals surface area (Å²) in [5.74, 6) is -1.75. The van der Waals surface area contributed by atoms with Crippen molar-refractivity contribution in [3.05, 3.63) is 92.3 Å². The number of fused-ring (bicyclic) bond motifs is 3. The number of alkyl halides is 3. The van der Waals surface area contributed by atoms with Crippen molar-refractivity contribution in [3.63, 3.8) is 0 Å². The fraction of sp³-hybridized carbons (Fsp3) is 0.217. The van der Waals surface area contributed by atoms with Crippen LogP contribution in [0.5, 0.6) is 0 Å². The maximum atomic E-state index is 14.3. The molecule has 31 heavy (non-hydrogen) atoms. The minimum absolute atomic E-state index is 0.000281. The quantitative estimate of drug-likeness (QED) is 0.524. The zero-order valence-corrected chi connectivity index (χ0v) is 16.1. The van der Waals surface area contributed by atoms with E-state index in [0.717, 1.165) is 22.3 Å². The highest BCUT2D eigenvalue weighted by Gasteiger charge is 2.41. The normalized spacial score (nSPS) is 13.2. The van der Waals surface area contributed by atoms with Crippen LogP contribution in [0.2, 0.25) is 0 Å². The number of hydrogen-bond donors (Lipinski definition) is 0. The van der Waals surface area contributed by atoms with Gasteiger partial charge in [0.2, 0.25) is 0 Å². The monoisotopic (exact) mass is 430 g/mol. The summed E-state index contributed by atoms with van der Waals surface area (Å²) >= 11 is 0. The van der Waals surface area contributed by atoms with Crippen LogP contribution in [0.25, 0.3) is 11.3 Å². The predicted octanol–water partition coefficient (Wildman–Crippen LogP) is 5.22. The Bertz CT molecular complexity index is 1280. The predicted molar refractivity (Wildman–Crippen MR) is 103 cm³/mol. The third-order valence-electron chi connectivity index (χ3n) is 5.45. The van der Waals surface area contributed by atoms with Crippen LogP contribution in [0.15, 0.2) is 47.3 Å². The van der Waals surface area contributed by atoms with Crippen LogP contribution in [-0.2, 0) is 25.6 Å². The highest BCUT2D eigenvalue weighted by Crippen LogP contribution is 2.41.